The van der Waals surface area contributed by atoms with Crippen LogP contribution in [-0.2, 0) is 11.3 Å². The van der Waals surface area contributed by atoms with Gasteiger partial charge in [0.25, 0.3) is 0 Å². The summed E-state index contributed by atoms with van der Waals surface area (Å²) in [5.41, 5.74) is 0.978. The highest BCUT2D eigenvalue weighted by Gasteiger charge is 2.14. The Kier molecular flexibility index (Phi) is 6.44. The molecule has 0 spiro atoms. The minimum absolute atomic E-state index is 0.0331. The fourth-order valence-electron chi connectivity index (χ4n) is 1.98. The number of carbonyl (C=O) groups is 1. The van der Waals surface area contributed by atoms with Gasteiger partial charge >= 0.3 is 0 Å². The number of carbonyl (C=O) groups excluding carboxylic acids is 1. The number of amides is 1. The predicted molar refractivity (Wildman–Crippen MR) is 101 cm³/mol. The third-order valence-electron chi connectivity index (χ3n) is 3.18. The first-order chi connectivity index (χ1) is 12.1. The molecule has 0 radical (unpaired) electrons. The summed E-state index contributed by atoms with van der Waals surface area (Å²) in [6.07, 6.45) is 0. The molecule has 0 atom stereocenters. The van der Waals surface area contributed by atoms with Gasteiger partial charge in [-0.1, -0.05) is 54.8 Å². The van der Waals surface area contributed by atoms with Crippen LogP contribution in [0.4, 0.5) is 0 Å². The highest BCUT2D eigenvalue weighted by Crippen LogP contribution is 2.32. The van der Waals surface area contributed by atoms with Crippen molar-refractivity contribution in [3.8, 4) is 11.5 Å². The topological polar surface area (TPSA) is 73.3 Å². The van der Waals surface area contributed by atoms with Gasteiger partial charge in [0.15, 0.2) is 20.2 Å². The van der Waals surface area contributed by atoms with Crippen LogP contribution >= 0.6 is 34.9 Å². The van der Waals surface area contributed by atoms with E-state index in [1.807, 2.05) is 18.2 Å². The fraction of sp³-hybridized carbons (Fsp3) is 0.438. The van der Waals surface area contributed by atoms with Crippen molar-refractivity contribution >= 4 is 40.8 Å². The third kappa shape index (κ3) is 5.52. The van der Waals surface area contributed by atoms with Gasteiger partial charge in [0.1, 0.15) is 0 Å². The molecule has 2 aromatic rings. The highest BCUT2D eigenvalue weighted by molar-refractivity contribution is 8.03. The molecule has 1 aliphatic rings. The number of nitrogens with one attached hydrogen (secondary N) is 1. The average molecular weight is 398 g/mol. The van der Waals surface area contributed by atoms with Crippen molar-refractivity contribution in [2.75, 3.05) is 18.3 Å². The Bertz CT molecular complexity index is 736. The van der Waals surface area contributed by atoms with Crippen molar-refractivity contribution in [3.05, 3.63) is 23.8 Å². The van der Waals surface area contributed by atoms with Gasteiger partial charge < -0.3 is 14.8 Å². The quantitative estimate of drug-likeness (QED) is 0.684. The molecule has 25 heavy (non-hydrogen) atoms. The molecule has 9 heteroatoms. The monoisotopic (exact) mass is 397 g/mol. The molecular weight excluding hydrogens is 378 g/mol. The number of nitrogens with zero attached hydrogens (tertiary/aromatic N) is 2. The lowest BCUT2D eigenvalue weighted by molar-refractivity contribution is -0.118. The van der Waals surface area contributed by atoms with Crippen LogP contribution in [0.2, 0.25) is 0 Å². The number of thioether (sulfide) groups is 2. The molecule has 2 heterocycles. The molecular formula is C16H19N3O3S3. The molecule has 1 aromatic carbocycles. The molecule has 0 bridgehead atoms. The minimum atomic E-state index is -0.0331. The normalized spacial score (nSPS) is 12.6. The number of hydrogen-bond acceptors (Lipinski definition) is 8. The zero-order chi connectivity index (χ0) is 17.6. The molecule has 6 nitrogen and oxygen atoms in total. The maximum Gasteiger partial charge on any atom is 0.231 e. The lowest BCUT2D eigenvalue weighted by Gasteiger charge is -2.05. The van der Waals surface area contributed by atoms with Crippen LogP contribution in [0, 0.1) is 5.92 Å². The second kappa shape index (κ2) is 8.77. The number of rotatable bonds is 8. The van der Waals surface area contributed by atoms with E-state index in [4.69, 9.17) is 9.47 Å². The number of fused-ring (bicyclic) bond motifs is 1. The molecule has 0 aliphatic carbocycles. The number of ether oxygens (including phenoxy) is 2. The van der Waals surface area contributed by atoms with Gasteiger partial charge in [-0.15, -0.1) is 10.2 Å². The van der Waals surface area contributed by atoms with E-state index in [1.54, 1.807) is 11.8 Å². The molecule has 0 saturated carbocycles. The molecule has 134 valence electrons. The van der Waals surface area contributed by atoms with Gasteiger partial charge in [-0.2, -0.15) is 0 Å². The molecule has 1 aliphatic heterocycles. The molecule has 0 saturated heterocycles. The Morgan fingerprint density at radius 2 is 2.00 bits per heavy atom. The first-order valence-electron chi connectivity index (χ1n) is 7.84. The standard InChI is InChI=1S/C16H19N3O3S3/c1-10(2)7-23-15-18-19-16(25-15)24-8-14(20)17-6-11-3-4-12-13(5-11)22-9-21-12/h3-5,10H,6-9H2,1-2H3,(H,17,20). The second-order valence-electron chi connectivity index (χ2n) is 5.79. The maximum absolute atomic E-state index is 12.0. The number of hydrogen-bond donors (Lipinski definition) is 1. The molecule has 1 amide bonds. The van der Waals surface area contributed by atoms with Crippen molar-refractivity contribution in [1.29, 1.82) is 0 Å². The van der Waals surface area contributed by atoms with Gasteiger partial charge in [-0.3, -0.25) is 4.79 Å². The first kappa shape index (κ1) is 18.3. The van der Waals surface area contributed by atoms with Gasteiger partial charge in [0.2, 0.25) is 12.7 Å². The summed E-state index contributed by atoms with van der Waals surface area (Å²) in [5.74, 6) is 3.40. The SMILES string of the molecule is CC(C)CSc1nnc(SCC(=O)NCc2ccc3c(c2)OCO3)s1. The molecule has 1 aromatic heterocycles. The van der Waals surface area contributed by atoms with Crippen LogP contribution in [0.5, 0.6) is 11.5 Å². The van der Waals surface area contributed by atoms with Gasteiger partial charge in [-0.05, 0) is 23.6 Å². The second-order valence-corrected chi connectivity index (χ2v) is 9.26. The van der Waals surface area contributed by atoms with E-state index < -0.39 is 0 Å². The van der Waals surface area contributed by atoms with Crippen LogP contribution in [-0.4, -0.2) is 34.4 Å². The summed E-state index contributed by atoms with van der Waals surface area (Å²) < 4.78 is 12.4. The molecule has 0 fully saturated rings. The van der Waals surface area contributed by atoms with E-state index in [1.165, 1.54) is 23.1 Å². The van der Waals surface area contributed by atoms with Gasteiger partial charge in [-0.25, -0.2) is 0 Å². The fourth-order valence-corrected chi connectivity index (χ4v) is 4.81. The van der Waals surface area contributed by atoms with Crippen molar-refractivity contribution in [1.82, 2.24) is 15.5 Å². The van der Waals surface area contributed by atoms with E-state index in [-0.39, 0.29) is 12.7 Å². The van der Waals surface area contributed by atoms with E-state index in [0.717, 1.165) is 31.5 Å². The lowest BCUT2D eigenvalue weighted by atomic mass is 10.2. The number of aromatic nitrogens is 2. The van der Waals surface area contributed by atoms with E-state index >= 15 is 0 Å². The van der Waals surface area contributed by atoms with Crippen LogP contribution in [0.1, 0.15) is 19.4 Å². The smallest absolute Gasteiger partial charge is 0.231 e. The summed E-state index contributed by atoms with van der Waals surface area (Å²) in [6.45, 7) is 5.06. The summed E-state index contributed by atoms with van der Waals surface area (Å²) >= 11 is 4.66. The minimum Gasteiger partial charge on any atom is -0.454 e. The van der Waals surface area contributed by atoms with Gasteiger partial charge in [0.05, 0.1) is 5.75 Å². The highest BCUT2D eigenvalue weighted by atomic mass is 32.2. The lowest BCUT2D eigenvalue weighted by Crippen LogP contribution is -2.24. The van der Waals surface area contributed by atoms with E-state index in [0.29, 0.717) is 18.2 Å². The Labute approximate surface area is 159 Å². The van der Waals surface area contributed by atoms with E-state index in [2.05, 4.69) is 29.4 Å². The largest absolute Gasteiger partial charge is 0.454 e. The Morgan fingerprint density at radius 3 is 2.80 bits per heavy atom. The van der Waals surface area contributed by atoms with Crippen molar-refractivity contribution < 1.29 is 14.3 Å². The Balaban J connectivity index is 1.41. The molecule has 1 N–H and O–H groups in total. The zero-order valence-electron chi connectivity index (χ0n) is 14.0. The van der Waals surface area contributed by atoms with Crippen molar-refractivity contribution in [2.45, 2.75) is 29.1 Å². The Morgan fingerprint density at radius 1 is 1.24 bits per heavy atom. The van der Waals surface area contributed by atoms with Crippen molar-refractivity contribution in [2.24, 2.45) is 5.92 Å². The van der Waals surface area contributed by atoms with Gasteiger partial charge in [0, 0.05) is 12.3 Å². The first-order valence-corrected chi connectivity index (χ1v) is 10.6. The van der Waals surface area contributed by atoms with E-state index in [9.17, 15) is 4.79 Å². The van der Waals surface area contributed by atoms with Crippen LogP contribution < -0.4 is 14.8 Å². The van der Waals surface area contributed by atoms with Crippen molar-refractivity contribution in [3.63, 3.8) is 0 Å². The summed E-state index contributed by atoms with van der Waals surface area (Å²) in [4.78, 5) is 12.0. The third-order valence-corrected chi connectivity index (χ3v) is 6.80. The molecule has 3 rings (SSSR count). The summed E-state index contributed by atoms with van der Waals surface area (Å²) in [6, 6.07) is 5.67. The summed E-state index contributed by atoms with van der Waals surface area (Å²) in [7, 11) is 0. The average Bonchev–Trinajstić information content (AvgIpc) is 3.24. The molecule has 0 unspecified atom stereocenters. The maximum atomic E-state index is 12.0. The number of benzene rings is 1. The zero-order valence-corrected chi connectivity index (χ0v) is 16.4. The summed E-state index contributed by atoms with van der Waals surface area (Å²) in [5, 5.41) is 11.2. The Hall–Kier alpha value is -1.45. The predicted octanol–water partition coefficient (Wildman–Crippen LogP) is 3.42. The van der Waals surface area contributed by atoms with Crippen LogP contribution in [0.25, 0.3) is 0 Å². The van der Waals surface area contributed by atoms with Crippen LogP contribution in [0.3, 0.4) is 0 Å². The van der Waals surface area contributed by atoms with Crippen LogP contribution in [0.15, 0.2) is 26.9 Å².